The number of hydrogen-bond donors (Lipinski definition) is 1. The van der Waals surface area contributed by atoms with Gasteiger partial charge in [-0.1, -0.05) is 36.4 Å². The van der Waals surface area contributed by atoms with Gasteiger partial charge in [-0.15, -0.1) is 0 Å². The van der Waals surface area contributed by atoms with E-state index in [2.05, 4.69) is 22.4 Å². The molecule has 30 heavy (non-hydrogen) atoms. The maximum absolute atomic E-state index is 13.3. The minimum atomic E-state index is -0.565. The fourth-order valence-corrected chi connectivity index (χ4v) is 3.58. The van der Waals surface area contributed by atoms with E-state index in [-0.39, 0.29) is 23.8 Å². The molecule has 1 aliphatic carbocycles. The van der Waals surface area contributed by atoms with Crippen LogP contribution in [0.3, 0.4) is 0 Å². The molecular weight excluding hydrogens is 378 g/mol. The third kappa shape index (κ3) is 6.31. The second kappa shape index (κ2) is 9.28. The van der Waals surface area contributed by atoms with Crippen LogP contribution in [-0.4, -0.2) is 40.1 Å². The SMILES string of the molecule is C[C@H](CN(Cc1ccccn1)C(=O)[C@@H]1C[C@H]1c1ccccc1)NC(=O)OC(C)(C)C. The Kier molecular flexibility index (Phi) is 6.75. The highest BCUT2D eigenvalue weighted by molar-refractivity contribution is 5.83. The summed E-state index contributed by atoms with van der Waals surface area (Å²) in [5.41, 5.74) is 1.46. The summed E-state index contributed by atoms with van der Waals surface area (Å²) >= 11 is 0. The lowest BCUT2D eigenvalue weighted by Crippen LogP contribution is -2.46. The van der Waals surface area contributed by atoms with Crippen LogP contribution < -0.4 is 5.32 Å². The number of alkyl carbamates (subject to hydrolysis) is 1. The molecule has 1 heterocycles. The summed E-state index contributed by atoms with van der Waals surface area (Å²) in [6.45, 7) is 8.16. The van der Waals surface area contributed by atoms with Gasteiger partial charge in [-0.2, -0.15) is 0 Å². The number of carbonyl (C=O) groups is 2. The van der Waals surface area contributed by atoms with E-state index < -0.39 is 11.7 Å². The van der Waals surface area contributed by atoms with E-state index in [4.69, 9.17) is 4.74 Å². The minimum absolute atomic E-state index is 0.0233. The average Bonchev–Trinajstić information content (AvgIpc) is 3.47. The van der Waals surface area contributed by atoms with Gasteiger partial charge >= 0.3 is 6.09 Å². The van der Waals surface area contributed by atoms with Crippen LogP contribution in [0.25, 0.3) is 0 Å². The standard InChI is InChI=1S/C24H31N3O3/c1-17(26-23(29)30-24(2,3)4)15-27(16-19-12-8-9-13-25-19)22(28)21-14-20(21)18-10-6-5-7-11-18/h5-13,17,20-21H,14-16H2,1-4H3,(H,26,29)/t17-,20+,21-/m1/s1. The average molecular weight is 410 g/mol. The Balaban J connectivity index is 1.66. The van der Waals surface area contributed by atoms with Crippen LogP contribution in [0.2, 0.25) is 0 Å². The van der Waals surface area contributed by atoms with Crippen LogP contribution in [0, 0.1) is 5.92 Å². The summed E-state index contributed by atoms with van der Waals surface area (Å²) in [6.07, 6.45) is 2.11. The number of aromatic nitrogens is 1. The van der Waals surface area contributed by atoms with Gasteiger partial charge in [-0.3, -0.25) is 9.78 Å². The van der Waals surface area contributed by atoms with Gasteiger partial charge in [0.1, 0.15) is 5.60 Å². The van der Waals surface area contributed by atoms with E-state index in [9.17, 15) is 9.59 Å². The number of carbonyl (C=O) groups excluding carboxylic acids is 2. The molecule has 0 saturated heterocycles. The highest BCUT2D eigenvalue weighted by Gasteiger charge is 2.45. The molecule has 0 radical (unpaired) electrons. The van der Waals surface area contributed by atoms with Crippen molar-refractivity contribution in [1.29, 1.82) is 0 Å². The van der Waals surface area contributed by atoms with Crippen LogP contribution in [0.5, 0.6) is 0 Å². The lowest BCUT2D eigenvalue weighted by Gasteiger charge is -2.27. The number of nitrogens with zero attached hydrogens (tertiary/aromatic N) is 2. The Morgan fingerprint density at radius 1 is 1.17 bits per heavy atom. The maximum atomic E-state index is 13.3. The van der Waals surface area contributed by atoms with Crippen LogP contribution in [0.4, 0.5) is 4.79 Å². The Morgan fingerprint density at radius 2 is 1.87 bits per heavy atom. The molecule has 3 rings (SSSR count). The van der Waals surface area contributed by atoms with Crippen molar-refractivity contribution in [1.82, 2.24) is 15.2 Å². The first-order chi connectivity index (χ1) is 14.2. The highest BCUT2D eigenvalue weighted by Crippen LogP contribution is 2.48. The van der Waals surface area contributed by atoms with Crippen molar-refractivity contribution >= 4 is 12.0 Å². The lowest BCUT2D eigenvalue weighted by molar-refractivity contribution is -0.133. The number of ether oxygens (including phenoxy) is 1. The molecule has 6 heteroatoms. The van der Waals surface area contributed by atoms with E-state index in [1.54, 1.807) is 11.1 Å². The predicted molar refractivity (Wildman–Crippen MR) is 116 cm³/mol. The molecule has 1 aromatic carbocycles. The first-order valence-electron chi connectivity index (χ1n) is 10.5. The summed E-state index contributed by atoms with van der Waals surface area (Å²) in [4.78, 5) is 31.6. The van der Waals surface area contributed by atoms with Gasteiger partial charge in [0, 0.05) is 24.7 Å². The number of nitrogens with one attached hydrogen (secondary N) is 1. The number of amides is 2. The molecular formula is C24H31N3O3. The number of pyridine rings is 1. The van der Waals surface area contributed by atoms with Crippen molar-refractivity contribution in [3.8, 4) is 0 Å². The fraction of sp³-hybridized carbons (Fsp3) is 0.458. The van der Waals surface area contributed by atoms with Crippen LogP contribution >= 0.6 is 0 Å². The van der Waals surface area contributed by atoms with Gasteiger partial charge in [0.2, 0.25) is 5.91 Å². The first kappa shape index (κ1) is 21.8. The molecule has 160 valence electrons. The summed E-state index contributed by atoms with van der Waals surface area (Å²) in [6, 6.07) is 15.6. The molecule has 1 aliphatic rings. The second-order valence-electron chi connectivity index (χ2n) is 8.95. The largest absolute Gasteiger partial charge is 0.444 e. The molecule has 1 fully saturated rings. The maximum Gasteiger partial charge on any atom is 0.407 e. The lowest BCUT2D eigenvalue weighted by atomic mass is 10.1. The van der Waals surface area contributed by atoms with E-state index in [1.807, 2.05) is 64.1 Å². The summed E-state index contributed by atoms with van der Waals surface area (Å²) in [5, 5.41) is 2.83. The monoisotopic (exact) mass is 409 g/mol. The molecule has 0 spiro atoms. The minimum Gasteiger partial charge on any atom is -0.444 e. The molecule has 2 aromatic rings. The molecule has 0 unspecified atom stereocenters. The van der Waals surface area contributed by atoms with Crippen molar-refractivity contribution in [3.05, 3.63) is 66.0 Å². The normalized spacial score (nSPS) is 18.9. The van der Waals surface area contributed by atoms with Crippen molar-refractivity contribution in [2.75, 3.05) is 6.54 Å². The molecule has 1 aromatic heterocycles. The van der Waals surface area contributed by atoms with Gasteiger partial charge in [-0.05, 0) is 57.7 Å². The van der Waals surface area contributed by atoms with E-state index >= 15 is 0 Å². The van der Waals surface area contributed by atoms with Crippen molar-refractivity contribution in [3.63, 3.8) is 0 Å². The number of hydrogen-bond acceptors (Lipinski definition) is 4. The van der Waals surface area contributed by atoms with E-state index in [1.165, 1.54) is 5.56 Å². The molecule has 3 atom stereocenters. The van der Waals surface area contributed by atoms with Gasteiger partial charge in [-0.25, -0.2) is 4.79 Å². The predicted octanol–water partition coefficient (Wildman–Crippen LogP) is 4.13. The third-order valence-corrected chi connectivity index (χ3v) is 4.98. The van der Waals surface area contributed by atoms with Crippen molar-refractivity contribution in [2.24, 2.45) is 5.92 Å². The zero-order chi connectivity index (χ0) is 21.7. The number of benzene rings is 1. The van der Waals surface area contributed by atoms with E-state index in [0.717, 1.165) is 12.1 Å². The molecule has 0 aliphatic heterocycles. The molecule has 1 saturated carbocycles. The summed E-state index contributed by atoms with van der Waals surface area (Å²) in [7, 11) is 0. The molecule has 2 amide bonds. The van der Waals surface area contributed by atoms with Gasteiger partial charge in [0.05, 0.1) is 12.2 Å². The highest BCUT2D eigenvalue weighted by atomic mass is 16.6. The Hall–Kier alpha value is -2.89. The molecule has 0 bridgehead atoms. The third-order valence-electron chi connectivity index (χ3n) is 4.98. The number of rotatable bonds is 7. The Morgan fingerprint density at radius 3 is 2.50 bits per heavy atom. The second-order valence-corrected chi connectivity index (χ2v) is 8.95. The zero-order valence-electron chi connectivity index (χ0n) is 18.2. The first-order valence-corrected chi connectivity index (χ1v) is 10.5. The smallest absolute Gasteiger partial charge is 0.407 e. The van der Waals surface area contributed by atoms with Gasteiger partial charge < -0.3 is 15.0 Å². The van der Waals surface area contributed by atoms with Crippen LogP contribution in [0.15, 0.2) is 54.7 Å². The zero-order valence-corrected chi connectivity index (χ0v) is 18.2. The fourth-order valence-electron chi connectivity index (χ4n) is 3.58. The van der Waals surface area contributed by atoms with Crippen LogP contribution in [-0.2, 0) is 16.1 Å². The molecule has 6 nitrogen and oxygen atoms in total. The van der Waals surface area contributed by atoms with Gasteiger partial charge in [0.15, 0.2) is 0 Å². The Labute approximate surface area is 178 Å². The van der Waals surface area contributed by atoms with Gasteiger partial charge in [0.25, 0.3) is 0 Å². The summed E-state index contributed by atoms with van der Waals surface area (Å²) < 4.78 is 5.34. The molecule has 1 N–H and O–H groups in total. The Bertz CT molecular complexity index is 849. The quantitative estimate of drug-likeness (QED) is 0.746. The summed E-state index contributed by atoms with van der Waals surface area (Å²) in [5.74, 6) is 0.344. The van der Waals surface area contributed by atoms with Crippen molar-refractivity contribution in [2.45, 2.75) is 58.2 Å². The van der Waals surface area contributed by atoms with Crippen LogP contribution in [0.1, 0.15) is 51.3 Å². The van der Waals surface area contributed by atoms with E-state index in [0.29, 0.717) is 13.1 Å². The topological polar surface area (TPSA) is 71.5 Å². The van der Waals surface area contributed by atoms with Crippen molar-refractivity contribution < 1.29 is 14.3 Å².